The summed E-state index contributed by atoms with van der Waals surface area (Å²) in [6.07, 6.45) is 6.88. The Morgan fingerprint density at radius 3 is 1.71 bits per heavy atom. The Morgan fingerprint density at radius 1 is 0.882 bits per heavy atom. The lowest BCUT2D eigenvalue weighted by Crippen LogP contribution is -2.00. The van der Waals surface area contributed by atoms with Crippen LogP contribution in [0.5, 0.6) is 0 Å². The van der Waals surface area contributed by atoms with Gasteiger partial charge in [0, 0.05) is 0 Å². The molecule has 0 aliphatic rings. The molecule has 0 aromatic carbocycles. The summed E-state index contributed by atoms with van der Waals surface area (Å²) in [5, 5.41) is 0. The first-order valence-electron chi connectivity index (χ1n) is 5.05. The number of carbonyl (C=O) groups excluding carboxylic acids is 1. The highest BCUT2D eigenvalue weighted by atomic mass is 16.5. The molecule has 90 valence electrons. The molecule has 0 saturated carbocycles. The fourth-order valence-electron chi connectivity index (χ4n) is 0.857. The maximum atomic E-state index is 11.1. The molecule has 0 bridgehead atoms. The fourth-order valence-corrected chi connectivity index (χ4v) is 0.857. The average Bonchev–Trinajstić information content (AvgIpc) is 2.31. The molecule has 0 unspecified atom stereocenters. The second-order valence-electron chi connectivity index (χ2n) is 3.58. The molecule has 2 heteroatoms. The number of hydrogen-bond acceptors (Lipinski definition) is 2. The fraction of sp³-hybridized carbons (Fsp3) is 0.133. The number of ether oxygens (including phenoxy) is 1. The molecule has 0 radical (unpaired) electrons. The second-order valence-corrected chi connectivity index (χ2v) is 3.58. The van der Waals surface area contributed by atoms with E-state index in [1.807, 2.05) is 19.1 Å². The van der Waals surface area contributed by atoms with Crippen molar-refractivity contribution in [3.63, 3.8) is 0 Å². The molecule has 0 N–H and O–H groups in total. The van der Waals surface area contributed by atoms with Crippen LogP contribution in [0.1, 0.15) is 6.92 Å². The number of carbonyl (C=O) groups is 1. The second kappa shape index (κ2) is 7.23. The van der Waals surface area contributed by atoms with Gasteiger partial charge < -0.3 is 4.74 Å². The third kappa shape index (κ3) is 6.15. The van der Waals surface area contributed by atoms with Crippen molar-refractivity contribution in [2.75, 3.05) is 7.11 Å². The number of methoxy groups -OCH3 is 1. The van der Waals surface area contributed by atoms with Gasteiger partial charge in [-0.05, 0) is 24.1 Å². The largest absolute Gasteiger partial charge is 0.465 e. The van der Waals surface area contributed by atoms with Crippen molar-refractivity contribution in [3.8, 4) is 0 Å². The zero-order chi connectivity index (χ0) is 13.4. The first-order chi connectivity index (χ1) is 7.88. The summed E-state index contributed by atoms with van der Waals surface area (Å²) in [6, 6.07) is 0. The molecule has 0 rings (SSSR count). The van der Waals surface area contributed by atoms with E-state index < -0.39 is 5.97 Å². The van der Waals surface area contributed by atoms with Gasteiger partial charge in [-0.1, -0.05) is 50.1 Å². The summed E-state index contributed by atoms with van der Waals surface area (Å²) in [5.41, 5.74) is 2.65. The van der Waals surface area contributed by atoms with Crippen LogP contribution in [0, 0.1) is 0 Å². The van der Waals surface area contributed by atoms with Crippen LogP contribution >= 0.6 is 0 Å². The van der Waals surface area contributed by atoms with Crippen molar-refractivity contribution in [2.24, 2.45) is 0 Å². The zero-order valence-electron chi connectivity index (χ0n) is 10.5. The molecular weight excluding hydrogens is 212 g/mol. The summed E-state index contributed by atoms with van der Waals surface area (Å²) in [6.45, 7) is 16.9. The Hall–Kier alpha value is -2.09. The minimum absolute atomic E-state index is 0.269. The number of rotatable bonds is 6. The van der Waals surface area contributed by atoms with Gasteiger partial charge in [-0.15, -0.1) is 0 Å². The van der Waals surface area contributed by atoms with Gasteiger partial charge in [0.1, 0.15) is 0 Å². The van der Waals surface area contributed by atoms with Crippen molar-refractivity contribution in [3.05, 3.63) is 72.9 Å². The minimum atomic E-state index is -0.461. The van der Waals surface area contributed by atoms with Crippen molar-refractivity contribution in [2.45, 2.75) is 6.92 Å². The lowest BCUT2D eigenvalue weighted by atomic mass is 10.1. The summed E-state index contributed by atoms with van der Waals surface area (Å²) in [4.78, 5) is 11.1. The van der Waals surface area contributed by atoms with Crippen LogP contribution < -0.4 is 0 Å². The molecule has 2 nitrogen and oxygen atoms in total. The summed E-state index contributed by atoms with van der Waals surface area (Å²) in [5.74, 6) is -0.461. The third-order valence-corrected chi connectivity index (χ3v) is 1.91. The summed E-state index contributed by atoms with van der Waals surface area (Å²) >= 11 is 0. The van der Waals surface area contributed by atoms with Gasteiger partial charge in [-0.2, -0.15) is 0 Å². The van der Waals surface area contributed by atoms with Crippen molar-refractivity contribution < 1.29 is 9.53 Å². The topological polar surface area (TPSA) is 26.3 Å². The van der Waals surface area contributed by atoms with Crippen LogP contribution in [0.4, 0.5) is 0 Å². The van der Waals surface area contributed by atoms with Gasteiger partial charge in [0.25, 0.3) is 0 Å². The van der Waals surface area contributed by atoms with Crippen LogP contribution in [-0.4, -0.2) is 13.1 Å². The van der Waals surface area contributed by atoms with E-state index in [-0.39, 0.29) is 5.57 Å². The molecule has 0 saturated heterocycles. The highest BCUT2D eigenvalue weighted by molar-refractivity contribution is 5.90. The molecule has 0 aromatic rings. The standard InChI is InChI=1S/C15H18O2/c1-11(2)7-8-12(3)13(4)9-10-14(5)15(16)17-6/h7-10H,1,3-5H2,2,6H3/b8-7-,10-9-. The van der Waals surface area contributed by atoms with Crippen molar-refractivity contribution >= 4 is 5.97 Å². The van der Waals surface area contributed by atoms with E-state index in [1.54, 1.807) is 12.2 Å². The van der Waals surface area contributed by atoms with E-state index in [0.717, 1.165) is 11.1 Å². The molecule has 0 spiro atoms. The van der Waals surface area contributed by atoms with Gasteiger partial charge >= 0.3 is 5.97 Å². The Labute approximate surface area is 103 Å². The zero-order valence-corrected chi connectivity index (χ0v) is 10.5. The molecule has 0 heterocycles. The maximum Gasteiger partial charge on any atom is 0.337 e. The third-order valence-electron chi connectivity index (χ3n) is 1.91. The van der Waals surface area contributed by atoms with Gasteiger partial charge in [0.15, 0.2) is 0 Å². The van der Waals surface area contributed by atoms with Gasteiger partial charge in [-0.25, -0.2) is 4.79 Å². The summed E-state index contributed by atoms with van der Waals surface area (Å²) < 4.78 is 4.52. The molecule has 0 aliphatic carbocycles. The van der Waals surface area contributed by atoms with E-state index in [0.29, 0.717) is 5.57 Å². The van der Waals surface area contributed by atoms with Crippen LogP contribution in [-0.2, 0) is 9.53 Å². The first-order valence-corrected chi connectivity index (χ1v) is 5.05. The number of hydrogen-bond donors (Lipinski definition) is 0. The molecular formula is C15H18O2. The van der Waals surface area contributed by atoms with E-state index in [9.17, 15) is 4.79 Å². The molecule has 17 heavy (non-hydrogen) atoms. The smallest absolute Gasteiger partial charge is 0.337 e. The Bertz CT molecular complexity index is 420. The van der Waals surface area contributed by atoms with Crippen molar-refractivity contribution in [1.29, 1.82) is 0 Å². The lowest BCUT2D eigenvalue weighted by molar-refractivity contribution is -0.135. The highest BCUT2D eigenvalue weighted by Crippen LogP contribution is 2.11. The van der Waals surface area contributed by atoms with Gasteiger partial charge in [-0.3, -0.25) is 0 Å². The van der Waals surface area contributed by atoms with Gasteiger partial charge in [0.05, 0.1) is 12.7 Å². The Balaban J connectivity index is 4.50. The predicted molar refractivity (Wildman–Crippen MR) is 72.5 cm³/mol. The molecule has 0 atom stereocenters. The molecule has 0 amide bonds. The quantitative estimate of drug-likeness (QED) is 0.396. The lowest BCUT2D eigenvalue weighted by Gasteiger charge is -2.00. The SMILES string of the molecule is C=C(C)/C=C\C(=C)C(=C)/C=C\C(=C)C(=O)OC. The predicted octanol–water partition coefficient (Wildman–Crippen LogP) is 3.52. The first kappa shape index (κ1) is 14.9. The van der Waals surface area contributed by atoms with Crippen LogP contribution in [0.25, 0.3) is 0 Å². The Morgan fingerprint density at radius 2 is 1.29 bits per heavy atom. The minimum Gasteiger partial charge on any atom is -0.465 e. The molecule has 0 aromatic heterocycles. The summed E-state index contributed by atoms with van der Waals surface area (Å²) in [7, 11) is 1.31. The molecule has 0 fully saturated rings. The molecule has 0 aliphatic heterocycles. The normalized spacial score (nSPS) is 10.5. The highest BCUT2D eigenvalue weighted by Gasteiger charge is 2.01. The van der Waals surface area contributed by atoms with E-state index >= 15 is 0 Å². The monoisotopic (exact) mass is 230 g/mol. The van der Waals surface area contributed by atoms with E-state index in [4.69, 9.17) is 0 Å². The van der Waals surface area contributed by atoms with Crippen LogP contribution in [0.2, 0.25) is 0 Å². The van der Waals surface area contributed by atoms with Crippen LogP contribution in [0.3, 0.4) is 0 Å². The number of esters is 1. The van der Waals surface area contributed by atoms with Crippen LogP contribution in [0.15, 0.2) is 72.9 Å². The number of allylic oxidation sites excluding steroid dienone is 6. The average molecular weight is 230 g/mol. The van der Waals surface area contributed by atoms with Crippen molar-refractivity contribution in [1.82, 2.24) is 0 Å². The van der Waals surface area contributed by atoms with E-state index in [2.05, 4.69) is 31.1 Å². The van der Waals surface area contributed by atoms with E-state index in [1.165, 1.54) is 7.11 Å². The van der Waals surface area contributed by atoms with Gasteiger partial charge in [0.2, 0.25) is 0 Å². The maximum absolute atomic E-state index is 11.1. The Kier molecular flexibility index (Phi) is 6.34.